The molecular formula is C47H46F2Zr. The summed E-state index contributed by atoms with van der Waals surface area (Å²) in [5.74, 6) is 0.0341. The van der Waals surface area contributed by atoms with Crippen molar-refractivity contribution in [3.8, 4) is 0 Å². The van der Waals surface area contributed by atoms with Crippen LogP contribution in [0, 0.1) is 29.0 Å². The third-order valence-corrected chi connectivity index (χ3v) is 11.6. The van der Waals surface area contributed by atoms with Gasteiger partial charge in [-0.3, -0.25) is 6.08 Å². The van der Waals surface area contributed by atoms with Crippen molar-refractivity contribution in [2.45, 2.75) is 72.6 Å². The van der Waals surface area contributed by atoms with E-state index in [1.165, 1.54) is 80.1 Å². The van der Waals surface area contributed by atoms with Gasteiger partial charge in [0.1, 0.15) is 0 Å². The van der Waals surface area contributed by atoms with Crippen molar-refractivity contribution in [3.63, 3.8) is 0 Å². The van der Waals surface area contributed by atoms with E-state index < -0.39 is 0 Å². The van der Waals surface area contributed by atoms with Crippen molar-refractivity contribution in [1.29, 1.82) is 0 Å². The SMILES string of the molecule is CC1(C)C=Cc2cc3c(cc21)[cH-]c1cc2c(cc13)C=CC2(C)C.CCC1[C-]=CC(C(C)(C)C)=C1.Fc1cccc([C](=[Zr+2])c2cccc(F)c2)c1. The van der Waals surface area contributed by atoms with E-state index in [1.807, 2.05) is 12.1 Å². The van der Waals surface area contributed by atoms with Crippen LogP contribution in [0.15, 0.2) is 109 Å². The summed E-state index contributed by atoms with van der Waals surface area (Å²) in [7, 11) is 0. The van der Waals surface area contributed by atoms with Crippen molar-refractivity contribution in [1.82, 2.24) is 0 Å². The molecule has 1 unspecified atom stereocenters. The minimum atomic E-state index is -0.270. The minimum absolute atomic E-state index is 0.152. The molecule has 3 aliphatic carbocycles. The van der Waals surface area contributed by atoms with Crippen LogP contribution in [0.1, 0.15) is 95.2 Å². The van der Waals surface area contributed by atoms with Gasteiger partial charge < -0.3 is 0 Å². The molecule has 252 valence electrons. The van der Waals surface area contributed by atoms with Gasteiger partial charge in [-0.15, -0.1) is 39.7 Å². The third-order valence-electron chi connectivity index (χ3n) is 10.2. The Balaban J connectivity index is 0.000000140. The van der Waals surface area contributed by atoms with Gasteiger partial charge in [0.15, 0.2) is 0 Å². The second-order valence-corrected chi connectivity index (χ2v) is 17.1. The zero-order chi connectivity index (χ0) is 36.0. The number of hydrogen-bond acceptors (Lipinski definition) is 0. The molecule has 0 nitrogen and oxygen atoms in total. The zero-order valence-corrected chi connectivity index (χ0v) is 33.0. The Hall–Kier alpha value is -3.68. The number of halogens is 2. The van der Waals surface area contributed by atoms with Crippen LogP contribution >= 0.6 is 0 Å². The van der Waals surface area contributed by atoms with E-state index in [4.69, 9.17) is 0 Å². The normalized spacial score (nSPS) is 17.6. The summed E-state index contributed by atoms with van der Waals surface area (Å²) in [5, 5.41) is 5.53. The number of benzene rings is 4. The molecule has 0 amide bonds. The zero-order valence-electron chi connectivity index (χ0n) is 30.5. The summed E-state index contributed by atoms with van der Waals surface area (Å²) in [4.78, 5) is 0. The summed E-state index contributed by atoms with van der Waals surface area (Å²) >= 11 is 1.13. The second-order valence-electron chi connectivity index (χ2n) is 15.9. The van der Waals surface area contributed by atoms with E-state index >= 15 is 0 Å². The molecule has 0 bridgehead atoms. The van der Waals surface area contributed by atoms with Crippen LogP contribution in [-0.4, -0.2) is 3.21 Å². The van der Waals surface area contributed by atoms with Crippen LogP contribution in [0.3, 0.4) is 0 Å². The van der Waals surface area contributed by atoms with E-state index in [9.17, 15) is 8.78 Å². The monoisotopic (exact) mass is 738 g/mol. The van der Waals surface area contributed by atoms with E-state index in [-0.39, 0.29) is 22.5 Å². The fraction of sp³-hybridized carbons (Fsp3) is 0.277. The molecule has 1 atom stereocenters. The average molecular weight is 740 g/mol. The fourth-order valence-corrected chi connectivity index (χ4v) is 7.74. The predicted octanol–water partition coefficient (Wildman–Crippen LogP) is 12.8. The van der Waals surface area contributed by atoms with Gasteiger partial charge in [0, 0.05) is 10.8 Å². The number of allylic oxidation sites excluding steroid dienone is 6. The molecule has 5 aromatic carbocycles. The molecule has 8 rings (SSSR count). The molecule has 0 spiro atoms. The summed E-state index contributed by atoms with van der Waals surface area (Å²) < 4.78 is 27.0. The first-order valence-corrected chi connectivity index (χ1v) is 18.8. The molecule has 0 radical (unpaired) electrons. The first-order chi connectivity index (χ1) is 23.6. The van der Waals surface area contributed by atoms with Crippen LogP contribution in [-0.2, 0) is 35.1 Å². The third kappa shape index (κ3) is 7.50. The standard InChI is InChI=1S/C23H21.C13H8F2.C11H17.Zr/c1-22(2)7-5-14-10-18-16(12-20(14)22)9-17-13-21-15(11-19(17)18)6-8-23(21,3)4;14-12-5-1-3-10(8-12)7-11-4-2-6-13(15)9-11;1-5-9-6-7-10(8-9)11(2,3)4;/h5-13H,1-4H3;1-6,8-9H;7-9H,5H2,1-4H3;/q-1;;-1;+2. The molecule has 0 N–H and O–H groups in total. The van der Waals surface area contributed by atoms with Gasteiger partial charge in [0.2, 0.25) is 0 Å². The number of hydrogen-bond donors (Lipinski definition) is 0. The van der Waals surface area contributed by atoms with Crippen molar-refractivity contribution < 1.29 is 33.0 Å². The number of fused-ring (bicyclic) bond motifs is 5. The average Bonchev–Trinajstić information content (AvgIpc) is 3.83. The Morgan fingerprint density at radius 2 is 1.24 bits per heavy atom. The molecule has 3 aliphatic rings. The maximum atomic E-state index is 13.0. The molecular weight excluding hydrogens is 694 g/mol. The van der Waals surface area contributed by atoms with Gasteiger partial charge in [-0.25, -0.2) is 6.08 Å². The van der Waals surface area contributed by atoms with Gasteiger partial charge in [0.05, 0.1) is 0 Å². The van der Waals surface area contributed by atoms with Crippen molar-refractivity contribution >= 4 is 36.9 Å². The Kier molecular flexibility index (Phi) is 9.97. The van der Waals surface area contributed by atoms with Crippen LogP contribution < -0.4 is 0 Å². The molecule has 0 saturated carbocycles. The van der Waals surface area contributed by atoms with E-state index in [2.05, 4.69) is 128 Å². The molecule has 50 heavy (non-hydrogen) atoms. The van der Waals surface area contributed by atoms with Crippen molar-refractivity contribution in [3.05, 3.63) is 160 Å². The first kappa shape index (κ1) is 36.1. The predicted molar refractivity (Wildman–Crippen MR) is 206 cm³/mol. The van der Waals surface area contributed by atoms with E-state index in [0.717, 1.165) is 38.6 Å². The van der Waals surface area contributed by atoms with E-state index in [0.29, 0.717) is 11.3 Å². The van der Waals surface area contributed by atoms with Gasteiger partial charge in [0.25, 0.3) is 0 Å². The Morgan fingerprint density at radius 1 is 0.760 bits per heavy atom. The molecule has 3 heteroatoms. The van der Waals surface area contributed by atoms with Crippen LogP contribution in [0.4, 0.5) is 8.78 Å². The maximum absolute atomic E-state index is 13.0. The van der Waals surface area contributed by atoms with Crippen LogP contribution in [0.25, 0.3) is 33.7 Å². The molecule has 0 saturated heterocycles. The van der Waals surface area contributed by atoms with Crippen LogP contribution in [0.2, 0.25) is 0 Å². The summed E-state index contributed by atoms with van der Waals surface area (Å²) in [6.45, 7) is 18.1. The Bertz CT molecular complexity index is 2090. The number of rotatable bonds is 3. The van der Waals surface area contributed by atoms with Gasteiger partial charge >= 0.3 is 108 Å². The topological polar surface area (TPSA) is 0 Å². The fourth-order valence-electron chi connectivity index (χ4n) is 6.97. The quantitative estimate of drug-likeness (QED) is 0.162. The summed E-state index contributed by atoms with van der Waals surface area (Å²) in [6.07, 6.45) is 18.2. The summed E-state index contributed by atoms with van der Waals surface area (Å²) in [5.41, 5.74) is 9.33. The molecule has 0 aliphatic heterocycles. The van der Waals surface area contributed by atoms with Crippen LogP contribution in [0.5, 0.6) is 0 Å². The Morgan fingerprint density at radius 3 is 1.62 bits per heavy atom. The molecule has 0 aromatic heterocycles. The molecule has 5 aromatic rings. The van der Waals surface area contributed by atoms with Gasteiger partial charge in [-0.1, -0.05) is 121 Å². The van der Waals surface area contributed by atoms with Crippen molar-refractivity contribution in [2.24, 2.45) is 11.3 Å². The van der Waals surface area contributed by atoms with Gasteiger partial charge in [-0.2, -0.15) is 11.6 Å². The van der Waals surface area contributed by atoms with Gasteiger partial charge in [-0.05, 0) is 11.1 Å². The first-order valence-electron chi connectivity index (χ1n) is 17.6. The second kappa shape index (κ2) is 13.8. The van der Waals surface area contributed by atoms with Crippen molar-refractivity contribution in [2.75, 3.05) is 0 Å². The molecule has 0 fully saturated rings. The summed E-state index contributed by atoms with van der Waals surface area (Å²) in [6, 6.07) is 24.7. The molecule has 0 heterocycles. The Labute approximate surface area is 312 Å². The van der Waals surface area contributed by atoms with E-state index in [1.54, 1.807) is 12.1 Å².